The lowest BCUT2D eigenvalue weighted by atomic mass is 10.1. The van der Waals surface area contributed by atoms with Gasteiger partial charge in [-0.1, -0.05) is 27.7 Å². The minimum absolute atomic E-state index is 0.0205. The fourth-order valence-electron chi connectivity index (χ4n) is 1.26. The van der Waals surface area contributed by atoms with Crippen molar-refractivity contribution in [3.8, 4) is 0 Å². The number of rotatable bonds is 5. The van der Waals surface area contributed by atoms with Gasteiger partial charge in [-0.05, 0) is 18.6 Å². The van der Waals surface area contributed by atoms with Crippen LogP contribution in [0.25, 0.3) is 0 Å². The van der Waals surface area contributed by atoms with E-state index in [9.17, 15) is 9.59 Å². The highest BCUT2D eigenvalue weighted by molar-refractivity contribution is 7.14. The van der Waals surface area contributed by atoms with E-state index in [4.69, 9.17) is 0 Å². The first-order valence-corrected chi connectivity index (χ1v) is 7.06. The molecule has 0 aliphatic heterocycles. The van der Waals surface area contributed by atoms with Gasteiger partial charge in [0, 0.05) is 10.8 Å². The summed E-state index contributed by atoms with van der Waals surface area (Å²) in [5.74, 6) is -0.0356. The number of esters is 1. The molecule has 18 heavy (non-hydrogen) atoms. The van der Waals surface area contributed by atoms with E-state index >= 15 is 0 Å². The predicted octanol–water partition coefficient (Wildman–Crippen LogP) is 3.72. The van der Waals surface area contributed by atoms with Crippen molar-refractivity contribution in [3.05, 3.63) is 21.9 Å². The second kappa shape index (κ2) is 8.86. The van der Waals surface area contributed by atoms with Crippen LogP contribution in [0.4, 0.5) is 0 Å². The van der Waals surface area contributed by atoms with Crippen LogP contribution in [0, 0.1) is 5.92 Å². The number of hydrogen-bond donors (Lipinski definition) is 0. The number of ketones is 1. The van der Waals surface area contributed by atoms with E-state index in [1.165, 1.54) is 18.4 Å². The molecule has 0 aliphatic carbocycles. The molecule has 0 unspecified atom stereocenters. The van der Waals surface area contributed by atoms with Crippen LogP contribution in [-0.4, -0.2) is 18.9 Å². The molecule has 0 fully saturated rings. The molecule has 0 bridgehead atoms. The Morgan fingerprint density at radius 1 is 1.28 bits per heavy atom. The van der Waals surface area contributed by atoms with Gasteiger partial charge in [0.15, 0.2) is 5.78 Å². The molecule has 0 saturated carbocycles. The maximum Gasteiger partial charge on any atom is 0.305 e. The smallest absolute Gasteiger partial charge is 0.305 e. The lowest BCUT2D eigenvalue weighted by Crippen LogP contribution is -2.04. The van der Waals surface area contributed by atoms with Gasteiger partial charge in [0.25, 0.3) is 0 Å². The lowest BCUT2D eigenvalue weighted by molar-refractivity contribution is -0.140. The summed E-state index contributed by atoms with van der Waals surface area (Å²) in [5, 5.41) is 0. The average molecular weight is 270 g/mol. The Bertz CT molecular complexity index is 380. The van der Waals surface area contributed by atoms with Crippen molar-refractivity contribution < 1.29 is 14.3 Å². The molecule has 4 heteroatoms. The molecule has 1 rings (SSSR count). The molecule has 0 spiro atoms. The van der Waals surface area contributed by atoms with Gasteiger partial charge >= 0.3 is 5.97 Å². The molecule has 0 aromatic carbocycles. The lowest BCUT2D eigenvalue weighted by Gasteiger charge is -1.99. The van der Waals surface area contributed by atoms with Crippen molar-refractivity contribution in [1.82, 2.24) is 0 Å². The van der Waals surface area contributed by atoms with E-state index in [2.05, 4.69) is 4.74 Å². The average Bonchev–Trinajstić information content (AvgIpc) is 2.85. The SMILES string of the molecule is CC.COC(=O)CCc1ccc(C(=O)C(C)C)s1. The predicted molar refractivity (Wildman–Crippen MR) is 75.2 cm³/mol. The van der Waals surface area contributed by atoms with Crippen molar-refractivity contribution >= 4 is 23.1 Å². The molecular formula is C14H22O3S. The van der Waals surface area contributed by atoms with Gasteiger partial charge in [0.1, 0.15) is 0 Å². The molecule has 3 nitrogen and oxygen atoms in total. The topological polar surface area (TPSA) is 43.4 Å². The molecule has 0 atom stereocenters. The Balaban J connectivity index is 0.00000137. The number of methoxy groups -OCH3 is 1. The van der Waals surface area contributed by atoms with E-state index in [-0.39, 0.29) is 17.7 Å². The number of thiophene rings is 1. The zero-order valence-electron chi connectivity index (χ0n) is 11.8. The van der Waals surface area contributed by atoms with Gasteiger partial charge in [0.05, 0.1) is 18.4 Å². The van der Waals surface area contributed by atoms with Gasteiger partial charge in [0.2, 0.25) is 0 Å². The number of ether oxygens (including phenoxy) is 1. The molecule has 0 radical (unpaired) electrons. The van der Waals surface area contributed by atoms with Crippen LogP contribution >= 0.6 is 11.3 Å². The maximum atomic E-state index is 11.7. The van der Waals surface area contributed by atoms with E-state index in [0.717, 1.165) is 9.75 Å². The van der Waals surface area contributed by atoms with Crippen LogP contribution in [0.3, 0.4) is 0 Å². The first-order valence-electron chi connectivity index (χ1n) is 6.24. The molecule has 1 aromatic rings. The number of carbonyl (C=O) groups excluding carboxylic acids is 2. The summed E-state index contributed by atoms with van der Waals surface area (Å²) in [6, 6.07) is 3.74. The zero-order valence-corrected chi connectivity index (χ0v) is 12.6. The van der Waals surface area contributed by atoms with Crippen molar-refractivity contribution in [2.24, 2.45) is 5.92 Å². The monoisotopic (exact) mass is 270 g/mol. The first-order chi connectivity index (χ1) is 8.54. The molecule has 102 valence electrons. The molecule has 0 aliphatic rings. The standard InChI is InChI=1S/C12H16O3S.C2H6/c1-8(2)12(14)10-6-4-9(16-10)5-7-11(13)15-3;1-2/h4,6,8H,5,7H2,1-3H3;1-2H3. The minimum atomic E-state index is -0.217. The van der Waals surface area contributed by atoms with Gasteiger partial charge in [-0.15, -0.1) is 11.3 Å². The van der Waals surface area contributed by atoms with Crippen molar-refractivity contribution in [1.29, 1.82) is 0 Å². The third kappa shape index (κ3) is 5.45. The summed E-state index contributed by atoms with van der Waals surface area (Å²) >= 11 is 1.46. The third-order valence-corrected chi connectivity index (χ3v) is 3.39. The highest BCUT2D eigenvalue weighted by Gasteiger charge is 2.13. The Hall–Kier alpha value is -1.16. The zero-order chi connectivity index (χ0) is 14.1. The third-order valence-electron chi connectivity index (χ3n) is 2.23. The van der Waals surface area contributed by atoms with Gasteiger partial charge < -0.3 is 4.74 Å². The second-order valence-corrected chi connectivity index (χ2v) is 5.03. The van der Waals surface area contributed by atoms with E-state index in [0.29, 0.717) is 12.8 Å². The van der Waals surface area contributed by atoms with Crippen LogP contribution in [0.2, 0.25) is 0 Å². The van der Waals surface area contributed by atoms with E-state index in [1.54, 1.807) is 0 Å². The molecule has 0 N–H and O–H groups in total. The van der Waals surface area contributed by atoms with Gasteiger partial charge in [-0.3, -0.25) is 9.59 Å². The number of carbonyl (C=O) groups is 2. The normalized spacial score (nSPS) is 9.67. The van der Waals surface area contributed by atoms with E-state index < -0.39 is 0 Å². The summed E-state index contributed by atoms with van der Waals surface area (Å²) in [6.07, 6.45) is 1.01. The van der Waals surface area contributed by atoms with Crippen molar-refractivity contribution in [2.45, 2.75) is 40.5 Å². The van der Waals surface area contributed by atoms with Crippen LogP contribution in [0.1, 0.15) is 48.7 Å². The molecule has 0 amide bonds. The van der Waals surface area contributed by atoms with Crippen LogP contribution in [0.5, 0.6) is 0 Å². The maximum absolute atomic E-state index is 11.7. The largest absolute Gasteiger partial charge is 0.469 e. The van der Waals surface area contributed by atoms with Gasteiger partial charge in [-0.25, -0.2) is 0 Å². The molecular weight excluding hydrogens is 248 g/mol. The molecule has 1 aromatic heterocycles. The fourth-order valence-corrected chi connectivity index (χ4v) is 2.35. The summed E-state index contributed by atoms with van der Waals surface area (Å²) in [4.78, 5) is 24.4. The second-order valence-electron chi connectivity index (χ2n) is 3.86. The Morgan fingerprint density at radius 2 is 1.89 bits per heavy atom. The number of hydrogen-bond acceptors (Lipinski definition) is 4. The Morgan fingerprint density at radius 3 is 2.39 bits per heavy atom. The highest BCUT2D eigenvalue weighted by Crippen LogP contribution is 2.21. The van der Waals surface area contributed by atoms with Crippen LogP contribution < -0.4 is 0 Å². The Labute approximate surface area is 113 Å². The number of aryl methyl sites for hydroxylation is 1. The van der Waals surface area contributed by atoms with E-state index in [1.807, 2.05) is 39.8 Å². The van der Waals surface area contributed by atoms with Crippen LogP contribution in [-0.2, 0) is 16.0 Å². The Kier molecular flexibility index (Phi) is 8.29. The summed E-state index contributed by atoms with van der Waals surface area (Å²) in [7, 11) is 1.38. The highest BCUT2D eigenvalue weighted by atomic mass is 32.1. The number of Topliss-reactive ketones (excluding diaryl/α,β-unsaturated/α-hetero) is 1. The first kappa shape index (κ1) is 16.8. The minimum Gasteiger partial charge on any atom is -0.469 e. The quantitative estimate of drug-likeness (QED) is 0.605. The van der Waals surface area contributed by atoms with Crippen molar-refractivity contribution in [3.63, 3.8) is 0 Å². The summed E-state index contributed by atoms with van der Waals surface area (Å²) < 4.78 is 4.56. The summed E-state index contributed by atoms with van der Waals surface area (Å²) in [5.41, 5.74) is 0. The fraction of sp³-hybridized carbons (Fsp3) is 0.571. The van der Waals surface area contributed by atoms with Crippen molar-refractivity contribution in [2.75, 3.05) is 7.11 Å². The molecule has 0 saturated heterocycles. The summed E-state index contributed by atoms with van der Waals surface area (Å²) in [6.45, 7) is 7.77. The van der Waals surface area contributed by atoms with Crippen LogP contribution in [0.15, 0.2) is 12.1 Å². The molecule has 1 heterocycles. The van der Waals surface area contributed by atoms with Gasteiger partial charge in [-0.2, -0.15) is 0 Å².